The number of amides is 3. The fourth-order valence-electron chi connectivity index (χ4n) is 2.29. The second kappa shape index (κ2) is 7.85. The molecule has 1 aliphatic rings. The van der Waals surface area contributed by atoms with Crippen molar-refractivity contribution in [3.63, 3.8) is 0 Å². The van der Waals surface area contributed by atoms with Gasteiger partial charge in [-0.25, -0.2) is 4.79 Å². The topological polar surface area (TPSA) is 96.2 Å². The molecular weight excluding hydrogens is 292 g/mol. The largest absolute Gasteiger partial charge is 0.351 e. The first-order valence-corrected chi connectivity index (χ1v) is 6.74. The monoisotopic (exact) mass is 312 g/mol. The Balaban J connectivity index is 0.00000220. The number of carbonyl (C=O) groups excluding carboxylic acids is 2. The van der Waals surface area contributed by atoms with Gasteiger partial charge in [0.25, 0.3) is 0 Å². The molecule has 1 aromatic carbocycles. The van der Waals surface area contributed by atoms with Crippen molar-refractivity contribution in [1.29, 1.82) is 0 Å². The highest BCUT2D eigenvalue weighted by molar-refractivity contribution is 5.87. The summed E-state index contributed by atoms with van der Waals surface area (Å²) in [4.78, 5) is 22.7. The number of nitrogens with one attached hydrogen (secondary N) is 3. The second-order valence-electron chi connectivity index (χ2n) is 5.03. The lowest BCUT2D eigenvalue weighted by molar-refractivity contribution is -0.125. The predicted molar refractivity (Wildman–Crippen MR) is 84.4 cm³/mol. The van der Waals surface area contributed by atoms with Gasteiger partial charge in [-0.1, -0.05) is 12.1 Å². The summed E-state index contributed by atoms with van der Waals surface area (Å²) in [6.45, 7) is 3.59. The van der Waals surface area contributed by atoms with Crippen LogP contribution in [0.4, 0.5) is 10.5 Å². The molecule has 1 saturated heterocycles. The van der Waals surface area contributed by atoms with Gasteiger partial charge < -0.3 is 21.7 Å². The number of urea groups is 1. The molecule has 1 fully saturated rings. The van der Waals surface area contributed by atoms with Crippen LogP contribution in [0.3, 0.4) is 0 Å². The zero-order valence-electron chi connectivity index (χ0n) is 11.9. The van der Waals surface area contributed by atoms with E-state index < -0.39 is 6.03 Å². The summed E-state index contributed by atoms with van der Waals surface area (Å²) in [5.74, 6) is 0.148. The number of nitrogens with two attached hydrogens (primary N) is 1. The Kier molecular flexibility index (Phi) is 6.45. The van der Waals surface area contributed by atoms with E-state index in [0.717, 1.165) is 25.1 Å². The SMILES string of the molecule is CC(NC(=O)C1CCNC1)c1ccc(NC(N)=O)cc1.Cl. The highest BCUT2D eigenvalue weighted by atomic mass is 35.5. The van der Waals surface area contributed by atoms with Crippen molar-refractivity contribution in [3.05, 3.63) is 29.8 Å². The number of rotatable bonds is 4. The fourth-order valence-corrected chi connectivity index (χ4v) is 2.29. The summed E-state index contributed by atoms with van der Waals surface area (Å²) in [6, 6.07) is 6.60. The smallest absolute Gasteiger partial charge is 0.316 e. The molecule has 2 unspecified atom stereocenters. The van der Waals surface area contributed by atoms with Gasteiger partial charge in [0.1, 0.15) is 0 Å². The van der Waals surface area contributed by atoms with E-state index in [0.29, 0.717) is 5.69 Å². The van der Waals surface area contributed by atoms with E-state index in [4.69, 9.17) is 5.73 Å². The molecule has 1 aromatic rings. The average molecular weight is 313 g/mol. The molecule has 7 heteroatoms. The van der Waals surface area contributed by atoms with Crippen LogP contribution < -0.4 is 21.7 Å². The molecule has 0 saturated carbocycles. The van der Waals surface area contributed by atoms with E-state index in [1.165, 1.54) is 0 Å². The minimum atomic E-state index is -0.590. The van der Waals surface area contributed by atoms with Gasteiger partial charge in [0.15, 0.2) is 0 Å². The van der Waals surface area contributed by atoms with Crippen molar-refractivity contribution >= 4 is 30.0 Å². The highest BCUT2D eigenvalue weighted by Gasteiger charge is 2.23. The maximum absolute atomic E-state index is 12.0. The summed E-state index contributed by atoms with van der Waals surface area (Å²) in [5, 5.41) is 8.69. The van der Waals surface area contributed by atoms with Gasteiger partial charge in [-0.2, -0.15) is 0 Å². The first kappa shape index (κ1) is 17.3. The number of anilines is 1. The van der Waals surface area contributed by atoms with Crippen LogP contribution in [0.15, 0.2) is 24.3 Å². The van der Waals surface area contributed by atoms with Crippen LogP contribution in [-0.4, -0.2) is 25.0 Å². The van der Waals surface area contributed by atoms with E-state index in [1.54, 1.807) is 12.1 Å². The summed E-state index contributed by atoms with van der Waals surface area (Å²) in [6.07, 6.45) is 0.889. The van der Waals surface area contributed by atoms with Gasteiger partial charge in [0.05, 0.1) is 12.0 Å². The van der Waals surface area contributed by atoms with Crippen molar-refractivity contribution in [1.82, 2.24) is 10.6 Å². The summed E-state index contributed by atoms with van der Waals surface area (Å²) < 4.78 is 0. The summed E-state index contributed by atoms with van der Waals surface area (Å²) in [7, 11) is 0. The number of hydrogen-bond acceptors (Lipinski definition) is 3. The van der Waals surface area contributed by atoms with Crippen LogP contribution >= 0.6 is 12.4 Å². The Morgan fingerprint density at radius 3 is 2.52 bits per heavy atom. The van der Waals surface area contributed by atoms with Gasteiger partial charge in [-0.15, -0.1) is 12.4 Å². The molecule has 3 amide bonds. The van der Waals surface area contributed by atoms with E-state index >= 15 is 0 Å². The third-order valence-corrected chi connectivity index (χ3v) is 3.47. The number of halogens is 1. The number of hydrogen-bond donors (Lipinski definition) is 4. The predicted octanol–water partition coefficient (Wildman–Crippen LogP) is 1.39. The van der Waals surface area contributed by atoms with Crippen molar-refractivity contribution in [3.8, 4) is 0 Å². The molecule has 2 rings (SSSR count). The zero-order valence-corrected chi connectivity index (χ0v) is 12.7. The lowest BCUT2D eigenvalue weighted by Crippen LogP contribution is -2.33. The fraction of sp³-hybridized carbons (Fsp3) is 0.429. The maximum Gasteiger partial charge on any atom is 0.316 e. The molecule has 0 bridgehead atoms. The first-order valence-electron chi connectivity index (χ1n) is 6.74. The third-order valence-electron chi connectivity index (χ3n) is 3.47. The van der Waals surface area contributed by atoms with Crippen molar-refractivity contribution < 1.29 is 9.59 Å². The Labute approximate surface area is 130 Å². The van der Waals surface area contributed by atoms with Crippen LogP contribution in [0.5, 0.6) is 0 Å². The van der Waals surface area contributed by atoms with Crippen LogP contribution in [0, 0.1) is 5.92 Å². The molecule has 1 heterocycles. The van der Waals surface area contributed by atoms with Crippen LogP contribution in [0.2, 0.25) is 0 Å². The number of primary amides is 1. The Morgan fingerprint density at radius 2 is 2.00 bits per heavy atom. The molecular formula is C14H21ClN4O2. The van der Waals surface area contributed by atoms with Crippen molar-refractivity contribution in [2.24, 2.45) is 11.7 Å². The molecule has 6 nitrogen and oxygen atoms in total. The molecule has 5 N–H and O–H groups in total. The van der Waals surface area contributed by atoms with Gasteiger partial charge in [0.2, 0.25) is 5.91 Å². The lowest BCUT2D eigenvalue weighted by atomic mass is 10.0. The van der Waals surface area contributed by atoms with Crippen molar-refractivity contribution in [2.75, 3.05) is 18.4 Å². The molecule has 0 aromatic heterocycles. The second-order valence-corrected chi connectivity index (χ2v) is 5.03. The molecule has 0 spiro atoms. The molecule has 0 aliphatic carbocycles. The molecule has 21 heavy (non-hydrogen) atoms. The van der Waals surface area contributed by atoms with Crippen LogP contribution in [0.25, 0.3) is 0 Å². The third kappa shape index (κ3) is 4.91. The molecule has 116 valence electrons. The van der Waals surface area contributed by atoms with Gasteiger partial charge in [-0.3, -0.25) is 4.79 Å². The minimum absolute atomic E-state index is 0. The first-order chi connectivity index (χ1) is 9.56. The Bertz CT molecular complexity index is 486. The van der Waals surface area contributed by atoms with Crippen LogP contribution in [0.1, 0.15) is 24.9 Å². The maximum atomic E-state index is 12.0. The van der Waals surface area contributed by atoms with Gasteiger partial charge in [-0.05, 0) is 37.6 Å². The molecule has 1 aliphatic heterocycles. The van der Waals surface area contributed by atoms with E-state index in [2.05, 4.69) is 16.0 Å². The zero-order chi connectivity index (χ0) is 14.5. The van der Waals surface area contributed by atoms with Gasteiger partial charge in [0, 0.05) is 12.2 Å². The highest BCUT2D eigenvalue weighted by Crippen LogP contribution is 2.17. The van der Waals surface area contributed by atoms with Crippen LogP contribution in [-0.2, 0) is 4.79 Å². The standard InChI is InChI=1S/C14H20N4O2.ClH/c1-9(17-13(19)11-6-7-16-8-11)10-2-4-12(5-3-10)18-14(15)20;/h2-5,9,11,16H,6-8H2,1H3,(H,17,19)(H3,15,18,20);1H. The van der Waals surface area contributed by atoms with E-state index in [-0.39, 0.29) is 30.3 Å². The van der Waals surface area contributed by atoms with Gasteiger partial charge >= 0.3 is 6.03 Å². The van der Waals surface area contributed by atoms with Crippen molar-refractivity contribution in [2.45, 2.75) is 19.4 Å². The number of benzene rings is 1. The number of carbonyl (C=O) groups is 2. The average Bonchev–Trinajstić information content (AvgIpc) is 2.92. The minimum Gasteiger partial charge on any atom is -0.351 e. The normalized spacial score (nSPS) is 18.4. The Hall–Kier alpha value is -1.79. The van der Waals surface area contributed by atoms with E-state index in [9.17, 15) is 9.59 Å². The summed E-state index contributed by atoms with van der Waals surface area (Å²) in [5.41, 5.74) is 6.67. The lowest BCUT2D eigenvalue weighted by Gasteiger charge is -2.17. The van der Waals surface area contributed by atoms with E-state index in [1.807, 2.05) is 19.1 Å². The summed E-state index contributed by atoms with van der Waals surface area (Å²) >= 11 is 0. The quantitative estimate of drug-likeness (QED) is 0.676. The Morgan fingerprint density at radius 1 is 1.33 bits per heavy atom. The molecule has 2 atom stereocenters. The molecule has 0 radical (unpaired) electrons.